The molecular formula is C30H36O6S. The number of hydrogen-bond acceptors (Lipinski definition) is 7. The molecule has 3 unspecified atom stereocenters. The van der Waals surface area contributed by atoms with Gasteiger partial charge in [-0.1, -0.05) is 79.6 Å². The van der Waals surface area contributed by atoms with E-state index in [4.69, 9.17) is 14.6 Å². The molecule has 0 saturated carbocycles. The molecule has 6 nitrogen and oxygen atoms in total. The van der Waals surface area contributed by atoms with Crippen molar-refractivity contribution in [2.24, 2.45) is 0 Å². The molecule has 0 radical (unpaired) electrons. The van der Waals surface area contributed by atoms with Crippen molar-refractivity contribution in [3.63, 3.8) is 0 Å². The number of carbonyl (C=O) groups is 2. The molecule has 1 aliphatic heterocycles. The first-order valence-corrected chi connectivity index (χ1v) is 13.3. The Morgan fingerprint density at radius 3 is 1.84 bits per heavy atom. The van der Waals surface area contributed by atoms with E-state index in [1.807, 2.05) is 82.3 Å². The van der Waals surface area contributed by atoms with E-state index in [9.17, 15) is 14.7 Å². The third-order valence-electron chi connectivity index (χ3n) is 5.42. The third-order valence-corrected chi connectivity index (χ3v) is 6.71. The van der Waals surface area contributed by atoms with E-state index in [1.165, 1.54) is 11.8 Å². The van der Waals surface area contributed by atoms with Gasteiger partial charge >= 0.3 is 11.9 Å². The second kappa shape index (κ2) is 15.9. The Balaban J connectivity index is 0.000000406. The van der Waals surface area contributed by atoms with E-state index in [-0.39, 0.29) is 18.5 Å². The van der Waals surface area contributed by atoms with Gasteiger partial charge in [-0.15, -0.1) is 11.8 Å². The summed E-state index contributed by atoms with van der Waals surface area (Å²) in [6.45, 7) is 8.09. The van der Waals surface area contributed by atoms with E-state index in [2.05, 4.69) is 0 Å². The van der Waals surface area contributed by atoms with E-state index in [0.29, 0.717) is 17.5 Å². The van der Waals surface area contributed by atoms with Crippen LogP contribution in [0.5, 0.6) is 0 Å². The number of benzene rings is 3. The number of thioether (sulfide) groups is 1. The number of esters is 2. The Bertz CT molecular complexity index is 1080. The highest BCUT2D eigenvalue weighted by Crippen LogP contribution is 2.35. The van der Waals surface area contributed by atoms with E-state index in [1.54, 1.807) is 24.3 Å². The third kappa shape index (κ3) is 10.0. The number of aliphatic hydroxyl groups is 2. The van der Waals surface area contributed by atoms with Crippen molar-refractivity contribution in [2.75, 3.05) is 6.61 Å². The lowest BCUT2D eigenvalue weighted by molar-refractivity contribution is 0.0178. The SMILES string of the molecule is CC.Cc1ccc(C(=O)OCC2SC(O)CC2OC(=O)c2ccc(C)cc2)cc1.OCc1ccccc1. The molecular weight excluding hydrogens is 488 g/mol. The Labute approximate surface area is 223 Å². The highest BCUT2D eigenvalue weighted by Gasteiger charge is 2.38. The number of carbonyl (C=O) groups excluding carboxylic acids is 2. The summed E-state index contributed by atoms with van der Waals surface area (Å²) >= 11 is 1.25. The van der Waals surface area contributed by atoms with Crippen LogP contribution in [-0.2, 0) is 16.1 Å². The molecule has 0 aromatic heterocycles. The van der Waals surface area contributed by atoms with Crippen molar-refractivity contribution in [2.45, 2.75) is 57.5 Å². The van der Waals surface area contributed by atoms with Crippen LogP contribution in [0.25, 0.3) is 0 Å². The molecule has 1 aliphatic rings. The van der Waals surface area contributed by atoms with Gasteiger partial charge in [0.25, 0.3) is 0 Å². The smallest absolute Gasteiger partial charge is 0.338 e. The molecule has 2 N–H and O–H groups in total. The first kappa shape index (κ1) is 30.1. The van der Waals surface area contributed by atoms with Crippen molar-refractivity contribution < 1.29 is 29.3 Å². The van der Waals surface area contributed by atoms with Gasteiger partial charge in [0.1, 0.15) is 18.1 Å². The first-order valence-electron chi connectivity index (χ1n) is 12.4. The average Bonchev–Trinajstić information content (AvgIpc) is 3.28. The maximum absolute atomic E-state index is 12.3. The molecule has 0 spiro atoms. The zero-order valence-electron chi connectivity index (χ0n) is 21.8. The molecule has 0 amide bonds. The van der Waals surface area contributed by atoms with Crippen LogP contribution < -0.4 is 0 Å². The van der Waals surface area contributed by atoms with Crippen molar-refractivity contribution in [1.82, 2.24) is 0 Å². The highest BCUT2D eigenvalue weighted by atomic mass is 32.2. The Morgan fingerprint density at radius 1 is 0.838 bits per heavy atom. The Hall–Kier alpha value is -3.13. The molecule has 1 fully saturated rings. The zero-order chi connectivity index (χ0) is 27.2. The van der Waals surface area contributed by atoms with Gasteiger partial charge in [0.2, 0.25) is 0 Å². The fourth-order valence-corrected chi connectivity index (χ4v) is 4.57. The normalized spacial score (nSPS) is 17.9. The van der Waals surface area contributed by atoms with Crippen molar-refractivity contribution in [1.29, 1.82) is 0 Å². The van der Waals surface area contributed by atoms with Crippen molar-refractivity contribution in [3.05, 3.63) is 107 Å². The fourth-order valence-electron chi connectivity index (χ4n) is 3.38. The summed E-state index contributed by atoms with van der Waals surface area (Å²) in [6, 6.07) is 23.7. The maximum Gasteiger partial charge on any atom is 0.338 e. The minimum atomic E-state index is -0.649. The van der Waals surface area contributed by atoms with Gasteiger partial charge in [-0.2, -0.15) is 0 Å². The van der Waals surface area contributed by atoms with Gasteiger partial charge in [0.05, 0.1) is 23.0 Å². The molecule has 7 heteroatoms. The van der Waals surface area contributed by atoms with E-state index < -0.39 is 23.5 Å². The van der Waals surface area contributed by atoms with Crippen LogP contribution in [0, 0.1) is 13.8 Å². The van der Waals surface area contributed by atoms with Crippen LogP contribution in [0.15, 0.2) is 78.9 Å². The quantitative estimate of drug-likeness (QED) is 0.399. The van der Waals surface area contributed by atoms with Crippen molar-refractivity contribution >= 4 is 23.7 Å². The van der Waals surface area contributed by atoms with Gasteiger partial charge in [-0.3, -0.25) is 0 Å². The molecule has 4 rings (SSSR count). The lowest BCUT2D eigenvalue weighted by Gasteiger charge is -2.19. The topological polar surface area (TPSA) is 93.1 Å². The molecule has 3 aromatic rings. The molecule has 0 bridgehead atoms. The first-order chi connectivity index (χ1) is 17.9. The lowest BCUT2D eigenvalue weighted by atomic mass is 10.1. The summed E-state index contributed by atoms with van der Waals surface area (Å²) in [6.07, 6.45) is -0.195. The largest absolute Gasteiger partial charge is 0.461 e. The Kier molecular flexibility index (Phi) is 12.9. The van der Waals surface area contributed by atoms with Gasteiger partial charge in [0.15, 0.2) is 0 Å². The van der Waals surface area contributed by atoms with Crippen LogP contribution >= 0.6 is 11.8 Å². The predicted octanol–water partition coefficient (Wildman–Crippen LogP) is 5.71. The van der Waals surface area contributed by atoms with Crippen LogP contribution in [0.3, 0.4) is 0 Å². The van der Waals surface area contributed by atoms with Crippen molar-refractivity contribution in [3.8, 4) is 0 Å². The summed E-state index contributed by atoms with van der Waals surface area (Å²) in [5.41, 5.74) is 3.36. The van der Waals surface area contributed by atoms with Crippen LogP contribution in [0.1, 0.15) is 57.7 Å². The highest BCUT2D eigenvalue weighted by molar-refractivity contribution is 8.00. The molecule has 198 valence electrons. The molecule has 1 heterocycles. The number of hydrogen-bond donors (Lipinski definition) is 2. The van der Waals surface area contributed by atoms with Gasteiger partial charge in [-0.05, 0) is 43.7 Å². The minimum Gasteiger partial charge on any atom is -0.461 e. The summed E-state index contributed by atoms with van der Waals surface area (Å²) < 4.78 is 10.9. The molecule has 3 aromatic carbocycles. The second-order valence-electron chi connectivity index (χ2n) is 8.28. The fraction of sp³-hybridized carbons (Fsp3) is 0.333. The predicted molar refractivity (Wildman–Crippen MR) is 148 cm³/mol. The Morgan fingerprint density at radius 2 is 1.35 bits per heavy atom. The van der Waals surface area contributed by atoms with E-state index in [0.717, 1.165) is 16.7 Å². The summed E-state index contributed by atoms with van der Waals surface area (Å²) in [5, 5.41) is 18.2. The summed E-state index contributed by atoms with van der Waals surface area (Å²) in [5.74, 6) is -0.870. The molecule has 3 atom stereocenters. The van der Waals surface area contributed by atoms with E-state index >= 15 is 0 Å². The standard InChI is InChI=1S/C21H22O5S.C7H8O.C2H6/c1-13-3-7-15(8-4-13)20(23)25-12-18-17(11-19(22)27-18)26-21(24)16-9-5-14(2)6-10-16;8-6-7-4-2-1-3-5-7;1-2/h3-10,17-19,22H,11-12H2,1-2H3;1-5,8H,6H2;1-2H3. The maximum atomic E-state index is 12.3. The van der Waals surface area contributed by atoms with Gasteiger partial charge in [-0.25, -0.2) is 9.59 Å². The van der Waals surface area contributed by atoms with Gasteiger partial charge < -0.3 is 19.7 Å². The molecule has 1 saturated heterocycles. The summed E-state index contributed by atoms with van der Waals surface area (Å²) in [7, 11) is 0. The molecule has 0 aliphatic carbocycles. The number of ether oxygens (including phenoxy) is 2. The van der Waals surface area contributed by atoms with Crippen LogP contribution in [0.4, 0.5) is 0 Å². The average molecular weight is 525 g/mol. The molecule has 37 heavy (non-hydrogen) atoms. The van der Waals surface area contributed by atoms with Crippen LogP contribution in [-0.4, -0.2) is 45.5 Å². The number of aliphatic hydroxyl groups excluding tert-OH is 2. The second-order valence-corrected chi connectivity index (χ2v) is 9.70. The number of rotatable bonds is 6. The lowest BCUT2D eigenvalue weighted by Crippen LogP contribution is -2.29. The van der Waals surface area contributed by atoms with Crippen LogP contribution in [0.2, 0.25) is 0 Å². The minimum absolute atomic E-state index is 0.0697. The summed E-state index contributed by atoms with van der Waals surface area (Å²) in [4.78, 5) is 24.5. The van der Waals surface area contributed by atoms with Gasteiger partial charge in [0, 0.05) is 6.42 Å². The monoisotopic (exact) mass is 524 g/mol. The zero-order valence-corrected chi connectivity index (χ0v) is 22.6. The number of aryl methyl sites for hydroxylation is 2.